The van der Waals surface area contributed by atoms with Crippen molar-refractivity contribution in [2.24, 2.45) is 0 Å². The third-order valence-corrected chi connectivity index (χ3v) is 3.97. The molecule has 2 aromatic carbocycles. The number of benzene rings is 2. The molecule has 5 heteroatoms. The first kappa shape index (κ1) is 13.6. The summed E-state index contributed by atoms with van der Waals surface area (Å²) in [6.45, 7) is 2.21. The molecule has 21 heavy (non-hydrogen) atoms. The van der Waals surface area contributed by atoms with E-state index in [4.69, 9.17) is 5.73 Å². The van der Waals surface area contributed by atoms with Crippen LogP contribution in [0, 0.1) is 10.1 Å². The van der Waals surface area contributed by atoms with Gasteiger partial charge in [0.05, 0.1) is 4.92 Å². The molecule has 0 saturated heterocycles. The van der Waals surface area contributed by atoms with Crippen LogP contribution in [0.3, 0.4) is 0 Å². The van der Waals surface area contributed by atoms with Gasteiger partial charge >= 0.3 is 0 Å². The molecule has 3 rings (SSSR count). The largest absolute Gasteiger partial charge is 0.398 e. The highest BCUT2D eigenvalue weighted by Gasteiger charge is 2.21. The molecule has 0 saturated carbocycles. The highest BCUT2D eigenvalue weighted by Crippen LogP contribution is 2.27. The van der Waals surface area contributed by atoms with Crippen LogP contribution >= 0.6 is 0 Å². The molecule has 1 aliphatic rings. The van der Waals surface area contributed by atoms with E-state index in [-0.39, 0.29) is 10.6 Å². The van der Waals surface area contributed by atoms with Crippen LogP contribution in [0.25, 0.3) is 0 Å². The van der Waals surface area contributed by atoms with Gasteiger partial charge in [-0.3, -0.25) is 15.0 Å². The van der Waals surface area contributed by atoms with Gasteiger partial charge in [-0.1, -0.05) is 30.3 Å². The van der Waals surface area contributed by atoms with Gasteiger partial charge in [-0.05, 0) is 23.6 Å². The molecule has 0 radical (unpaired) electrons. The Hall–Kier alpha value is -2.40. The first-order chi connectivity index (χ1) is 10.1. The van der Waals surface area contributed by atoms with E-state index in [1.807, 2.05) is 24.3 Å². The molecular formula is C16H17N3O2. The maximum absolute atomic E-state index is 11.1. The van der Waals surface area contributed by atoms with Crippen LogP contribution in [0.1, 0.15) is 16.7 Å². The zero-order chi connectivity index (χ0) is 14.8. The quantitative estimate of drug-likeness (QED) is 0.534. The number of nitrogen functional groups attached to an aromatic ring is 1. The molecule has 0 aromatic heterocycles. The van der Waals surface area contributed by atoms with Crippen LogP contribution in [0.5, 0.6) is 0 Å². The first-order valence-corrected chi connectivity index (χ1v) is 6.96. The van der Waals surface area contributed by atoms with Crippen molar-refractivity contribution in [3.8, 4) is 0 Å². The smallest absolute Gasteiger partial charge is 0.273 e. The van der Waals surface area contributed by atoms with Crippen molar-refractivity contribution in [1.82, 2.24) is 4.90 Å². The number of anilines is 1. The second-order valence-electron chi connectivity index (χ2n) is 5.33. The average Bonchev–Trinajstić information content (AvgIpc) is 2.48. The van der Waals surface area contributed by atoms with Gasteiger partial charge in [0.2, 0.25) is 0 Å². The van der Waals surface area contributed by atoms with Crippen molar-refractivity contribution in [2.75, 3.05) is 12.3 Å². The highest BCUT2D eigenvalue weighted by molar-refractivity contribution is 5.52. The molecule has 1 aliphatic heterocycles. The summed E-state index contributed by atoms with van der Waals surface area (Å²) in [7, 11) is 0. The topological polar surface area (TPSA) is 72.4 Å². The molecule has 0 bridgehead atoms. The zero-order valence-electron chi connectivity index (χ0n) is 11.7. The Bertz CT molecular complexity index is 685. The number of nitro groups is 1. The number of nitrogens with zero attached hydrogens (tertiary/aromatic N) is 2. The predicted molar refractivity (Wildman–Crippen MR) is 81.8 cm³/mol. The fourth-order valence-corrected chi connectivity index (χ4v) is 2.86. The van der Waals surface area contributed by atoms with Gasteiger partial charge in [-0.25, -0.2) is 0 Å². The molecule has 0 atom stereocenters. The molecule has 2 aromatic rings. The van der Waals surface area contributed by atoms with Crippen molar-refractivity contribution < 1.29 is 4.92 Å². The monoisotopic (exact) mass is 283 g/mol. The number of nitro benzene ring substituents is 1. The molecule has 1 heterocycles. The summed E-state index contributed by atoms with van der Waals surface area (Å²) >= 11 is 0. The van der Waals surface area contributed by atoms with E-state index in [0.717, 1.165) is 36.3 Å². The van der Waals surface area contributed by atoms with Gasteiger partial charge in [0, 0.05) is 37.0 Å². The average molecular weight is 283 g/mol. The first-order valence-electron chi connectivity index (χ1n) is 6.96. The molecule has 0 fully saturated rings. The molecule has 108 valence electrons. The van der Waals surface area contributed by atoms with Gasteiger partial charge in [-0.15, -0.1) is 0 Å². The summed E-state index contributed by atoms with van der Waals surface area (Å²) in [4.78, 5) is 13.0. The van der Waals surface area contributed by atoms with E-state index in [1.165, 1.54) is 5.56 Å². The Morgan fingerprint density at radius 3 is 2.81 bits per heavy atom. The van der Waals surface area contributed by atoms with Gasteiger partial charge in [0.15, 0.2) is 0 Å². The standard InChI is InChI=1S/C16H17N3O2/c17-15-6-3-5-12-8-9-18(11-14(12)15)10-13-4-1-2-7-16(13)19(20)21/h1-7H,8-11,17H2. The number of para-hydroxylation sites is 1. The van der Waals surface area contributed by atoms with Crippen LogP contribution in [0.2, 0.25) is 0 Å². The highest BCUT2D eigenvalue weighted by atomic mass is 16.6. The van der Waals surface area contributed by atoms with Gasteiger partial charge in [-0.2, -0.15) is 0 Å². The lowest BCUT2D eigenvalue weighted by atomic mass is 9.97. The SMILES string of the molecule is Nc1cccc2c1CN(Cc1ccccc1[N+](=O)[O-])CC2. The minimum absolute atomic E-state index is 0.185. The van der Waals surface area contributed by atoms with Crippen LogP contribution in [0.4, 0.5) is 11.4 Å². The lowest BCUT2D eigenvalue weighted by Crippen LogP contribution is -2.30. The summed E-state index contributed by atoms with van der Waals surface area (Å²) in [6, 6.07) is 12.9. The molecule has 5 nitrogen and oxygen atoms in total. The maximum Gasteiger partial charge on any atom is 0.273 e. The van der Waals surface area contributed by atoms with Crippen molar-refractivity contribution >= 4 is 11.4 Å². The lowest BCUT2D eigenvalue weighted by Gasteiger charge is -2.29. The summed E-state index contributed by atoms with van der Waals surface area (Å²) < 4.78 is 0. The van der Waals surface area contributed by atoms with E-state index in [1.54, 1.807) is 12.1 Å². The van der Waals surface area contributed by atoms with Crippen LogP contribution in [-0.4, -0.2) is 16.4 Å². The van der Waals surface area contributed by atoms with Crippen molar-refractivity contribution in [1.29, 1.82) is 0 Å². The number of nitrogens with two attached hydrogens (primary N) is 1. The molecule has 0 amide bonds. The van der Waals surface area contributed by atoms with E-state index < -0.39 is 0 Å². The minimum Gasteiger partial charge on any atom is -0.398 e. The molecule has 2 N–H and O–H groups in total. The third kappa shape index (κ3) is 2.73. The maximum atomic E-state index is 11.1. The van der Waals surface area contributed by atoms with Crippen LogP contribution in [-0.2, 0) is 19.5 Å². The summed E-state index contributed by atoms with van der Waals surface area (Å²) in [5, 5.41) is 11.1. The van der Waals surface area contributed by atoms with Crippen LogP contribution in [0.15, 0.2) is 42.5 Å². The molecule has 0 aliphatic carbocycles. The molecule has 0 spiro atoms. The second-order valence-corrected chi connectivity index (χ2v) is 5.33. The summed E-state index contributed by atoms with van der Waals surface area (Å²) in [6.07, 6.45) is 0.932. The third-order valence-electron chi connectivity index (χ3n) is 3.97. The number of hydrogen-bond donors (Lipinski definition) is 1. The fourth-order valence-electron chi connectivity index (χ4n) is 2.86. The van der Waals surface area contributed by atoms with E-state index in [9.17, 15) is 10.1 Å². The predicted octanol–water partition coefficient (Wildman–Crippen LogP) is 2.74. The van der Waals surface area contributed by atoms with E-state index >= 15 is 0 Å². The summed E-state index contributed by atoms with van der Waals surface area (Å²) in [5.74, 6) is 0. The van der Waals surface area contributed by atoms with Crippen molar-refractivity contribution in [3.05, 3.63) is 69.3 Å². The second kappa shape index (κ2) is 5.54. The fraction of sp³-hybridized carbons (Fsp3) is 0.250. The Labute approximate surface area is 123 Å². The normalized spacial score (nSPS) is 14.7. The van der Waals surface area contributed by atoms with Gasteiger partial charge in [0.1, 0.15) is 0 Å². The lowest BCUT2D eigenvalue weighted by molar-refractivity contribution is -0.385. The Morgan fingerprint density at radius 2 is 2.00 bits per heavy atom. The number of fused-ring (bicyclic) bond motifs is 1. The molecular weight excluding hydrogens is 266 g/mol. The van der Waals surface area contributed by atoms with Crippen molar-refractivity contribution in [2.45, 2.75) is 19.5 Å². The van der Waals surface area contributed by atoms with Gasteiger partial charge in [0.25, 0.3) is 5.69 Å². The minimum atomic E-state index is -0.318. The Morgan fingerprint density at radius 1 is 1.19 bits per heavy atom. The van der Waals surface area contributed by atoms with Gasteiger partial charge < -0.3 is 5.73 Å². The summed E-state index contributed by atoms with van der Waals surface area (Å²) in [5.41, 5.74) is 10.2. The zero-order valence-corrected chi connectivity index (χ0v) is 11.7. The van der Waals surface area contributed by atoms with E-state index in [2.05, 4.69) is 11.0 Å². The molecule has 0 unspecified atom stereocenters. The number of hydrogen-bond acceptors (Lipinski definition) is 4. The Kier molecular flexibility index (Phi) is 3.58. The Balaban J connectivity index is 1.82. The van der Waals surface area contributed by atoms with Crippen molar-refractivity contribution in [3.63, 3.8) is 0 Å². The van der Waals surface area contributed by atoms with E-state index in [0.29, 0.717) is 6.54 Å². The number of rotatable bonds is 3. The van der Waals surface area contributed by atoms with Crippen LogP contribution < -0.4 is 5.73 Å².